The van der Waals surface area contributed by atoms with Crippen LogP contribution >= 0.6 is 0 Å². The first kappa shape index (κ1) is 15.1. The lowest BCUT2D eigenvalue weighted by Crippen LogP contribution is -2.52. The van der Waals surface area contributed by atoms with Crippen molar-refractivity contribution in [2.45, 2.75) is 32.5 Å². The van der Waals surface area contributed by atoms with E-state index >= 15 is 0 Å². The van der Waals surface area contributed by atoms with Crippen LogP contribution in [0.5, 0.6) is 11.5 Å². The van der Waals surface area contributed by atoms with Crippen molar-refractivity contribution in [3.63, 3.8) is 0 Å². The number of para-hydroxylation sites is 1. The summed E-state index contributed by atoms with van der Waals surface area (Å²) in [4.78, 5) is 0. The smallest absolute Gasteiger partial charge is 0.166 e. The molecule has 0 amide bonds. The summed E-state index contributed by atoms with van der Waals surface area (Å²) in [5.74, 6) is 1.94. The normalized spacial score (nSPS) is 26.6. The Morgan fingerprint density at radius 1 is 1.30 bits per heavy atom. The summed E-state index contributed by atoms with van der Waals surface area (Å²) < 4.78 is 17.2. The Morgan fingerprint density at radius 2 is 2.05 bits per heavy atom. The van der Waals surface area contributed by atoms with Gasteiger partial charge in [-0.15, -0.1) is 0 Å². The van der Waals surface area contributed by atoms with Crippen molar-refractivity contribution in [3.05, 3.63) is 23.8 Å². The molecular weight excluding hydrogens is 254 g/mol. The van der Waals surface area contributed by atoms with E-state index in [1.165, 1.54) is 0 Å². The highest BCUT2D eigenvalue weighted by molar-refractivity contribution is 5.48. The van der Waals surface area contributed by atoms with E-state index in [0.717, 1.165) is 30.2 Å². The molecule has 112 valence electrons. The van der Waals surface area contributed by atoms with E-state index in [1.807, 2.05) is 18.2 Å². The van der Waals surface area contributed by atoms with Crippen LogP contribution in [0.15, 0.2) is 18.2 Å². The SMILES string of the molecule is COc1cccc(C2CNCC(C)(C(C)C)O2)c1OC. The van der Waals surface area contributed by atoms with Gasteiger partial charge in [-0.05, 0) is 18.9 Å². The maximum Gasteiger partial charge on any atom is 0.166 e. The van der Waals surface area contributed by atoms with Crippen molar-refractivity contribution in [1.29, 1.82) is 0 Å². The molecule has 0 bridgehead atoms. The summed E-state index contributed by atoms with van der Waals surface area (Å²) in [6, 6.07) is 5.92. The van der Waals surface area contributed by atoms with Gasteiger partial charge in [0.2, 0.25) is 0 Å². The van der Waals surface area contributed by atoms with Crippen molar-refractivity contribution in [1.82, 2.24) is 5.32 Å². The number of hydrogen-bond donors (Lipinski definition) is 1. The fourth-order valence-electron chi connectivity index (χ4n) is 2.54. The van der Waals surface area contributed by atoms with Gasteiger partial charge in [-0.1, -0.05) is 26.0 Å². The molecule has 0 radical (unpaired) electrons. The maximum absolute atomic E-state index is 6.37. The second-order valence-corrected chi connectivity index (χ2v) is 5.79. The molecule has 20 heavy (non-hydrogen) atoms. The van der Waals surface area contributed by atoms with Gasteiger partial charge >= 0.3 is 0 Å². The minimum Gasteiger partial charge on any atom is -0.493 e. The Labute approximate surface area is 121 Å². The summed E-state index contributed by atoms with van der Waals surface area (Å²) in [6.45, 7) is 8.18. The lowest BCUT2D eigenvalue weighted by Gasteiger charge is -2.42. The predicted molar refractivity (Wildman–Crippen MR) is 79.5 cm³/mol. The van der Waals surface area contributed by atoms with Crippen LogP contribution < -0.4 is 14.8 Å². The van der Waals surface area contributed by atoms with Crippen molar-refractivity contribution in [2.75, 3.05) is 27.3 Å². The lowest BCUT2D eigenvalue weighted by molar-refractivity contribution is -0.132. The van der Waals surface area contributed by atoms with E-state index < -0.39 is 0 Å². The lowest BCUT2D eigenvalue weighted by atomic mass is 9.89. The second kappa shape index (κ2) is 6.02. The van der Waals surface area contributed by atoms with Crippen molar-refractivity contribution >= 4 is 0 Å². The van der Waals surface area contributed by atoms with Crippen LogP contribution in [0.4, 0.5) is 0 Å². The zero-order valence-electron chi connectivity index (χ0n) is 13.0. The third-order valence-electron chi connectivity index (χ3n) is 4.22. The van der Waals surface area contributed by atoms with E-state index in [0.29, 0.717) is 5.92 Å². The standard InChI is InChI=1S/C16H25NO3/c1-11(2)16(3)10-17-9-14(20-16)12-7-6-8-13(18-4)15(12)19-5/h6-8,11,14,17H,9-10H2,1-5H3. The fraction of sp³-hybridized carbons (Fsp3) is 0.625. The number of ether oxygens (including phenoxy) is 3. The number of methoxy groups -OCH3 is 2. The third kappa shape index (κ3) is 2.76. The van der Waals surface area contributed by atoms with Gasteiger partial charge < -0.3 is 19.5 Å². The van der Waals surface area contributed by atoms with Crippen LogP contribution in [0, 0.1) is 5.92 Å². The molecule has 4 nitrogen and oxygen atoms in total. The Balaban J connectivity index is 2.32. The molecule has 2 atom stereocenters. The summed E-state index contributed by atoms with van der Waals surface area (Å²) in [7, 11) is 3.32. The summed E-state index contributed by atoms with van der Waals surface area (Å²) in [5.41, 5.74) is 0.864. The minimum atomic E-state index is -0.170. The Bertz CT molecular complexity index is 461. The Hall–Kier alpha value is -1.26. The maximum atomic E-state index is 6.37. The number of hydrogen-bond acceptors (Lipinski definition) is 4. The highest BCUT2D eigenvalue weighted by Gasteiger charge is 2.37. The molecule has 1 aliphatic heterocycles. The number of morpholine rings is 1. The summed E-state index contributed by atoms with van der Waals surface area (Å²) >= 11 is 0. The van der Waals surface area contributed by atoms with Gasteiger partial charge in [-0.3, -0.25) is 0 Å². The first-order chi connectivity index (χ1) is 9.51. The van der Waals surface area contributed by atoms with Crippen LogP contribution in [0.3, 0.4) is 0 Å². The molecule has 0 spiro atoms. The molecule has 2 rings (SSSR count). The number of benzene rings is 1. The zero-order chi connectivity index (χ0) is 14.8. The largest absolute Gasteiger partial charge is 0.493 e. The molecule has 1 saturated heterocycles. The van der Waals surface area contributed by atoms with Crippen LogP contribution in [-0.2, 0) is 4.74 Å². The summed E-state index contributed by atoms with van der Waals surface area (Å²) in [6.07, 6.45) is -0.0267. The van der Waals surface area contributed by atoms with Crippen molar-refractivity contribution in [3.8, 4) is 11.5 Å². The first-order valence-corrected chi connectivity index (χ1v) is 7.11. The third-order valence-corrected chi connectivity index (χ3v) is 4.22. The second-order valence-electron chi connectivity index (χ2n) is 5.79. The van der Waals surface area contributed by atoms with E-state index in [9.17, 15) is 0 Å². The van der Waals surface area contributed by atoms with Crippen molar-refractivity contribution < 1.29 is 14.2 Å². The molecule has 0 saturated carbocycles. The van der Waals surface area contributed by atoms with Gasteiger partial charge in [-0.2, -0.15) is 0 Å². The molecule has 2 unspecified atom stereocenters. The molecule has 1 aromatic carbocycles. The topological polar surface area (TPSA) is 39.7 Å². The van der Waals surface area contributed by atoms with Crippen LogP contribution in [0.1, 0.15) is 32.4 Å². The Morgan fingerprint density at radius 3 is 2.65 bits per heavy atom. The van der Waals surface area contributed by atoms with Gasteiger partial charge in [0.05, 0.1) is 25.9 Å². The van der Waals surface area contributed by atoms with Crippen LogP contribution in [0.2, 0.25) is 0 Å². The monoisotopic (exact) mass is 279 g/mol. The average molecular weight is 279 g/mol. The molecule has 1 heterocycles. The van der Waals surface area contributed by atoms with Gasteiger partial charge in [0.1, 0.15) is 0 Å². The minimum absolute atomic E-state index is 0.0267. The number of nitrogens with one attached hydrogen (secondary N) is 1. The summed E-state index contributed by atoms with van der Waals surface area (Å²) in [5, 5.41) is 3.47. The molecule has 1 fully saturated rings. The van der Waals surface area contributed by atoms with Gasteiger partial charge in [0.15, 0.2) is 11.5 Å². The molecule has 0 aromatic heterocycles. The molecule has 4 heteroatoms. The van der Waals surface area contributed by atoms with Crippen molar-refractivity contribution in [2.24, 2.45) is 5.92 Å². The Kier molecular flexibility index (Phi) is 4.55. The molecular formula is C16H25NO3. The van der Waals surface area contributed by atoms with Gasteiger partial charge in [0.25, 0.3) is 0 Å². The van der Waals surface area contributed by atoms with E-state index in [4.69, 9.17) is 14.2 Å². The quantitative estimate of drug-likeness (QED) is 0.920. The highest BCUT2D eigenvalue weighted by atomic mass is 16.5. The van der Waals surface area contributed by atoms with Gasteiger partial charge in [-0.25, -0.2) is 0 Å². The number of rotatable bonds is 4. The van der Waals surface area contributed by atoms with Gasteiger partial charge in [0, 0.05) is 18.7 Å². The van der Waals surface area contributed by atoms with Crippen LogP contribution in [-0.4, -0.2) is 32.9 Å². The predicted octanol–water partition coefficient (Wildman–Crippen LogP) is 2.78. The molecule has 1 N–H and O–H groups in total. The fourth-order valence-corrected chi connectivity index (χ4v) is 2.54. The first-order valence-electron chi connectivity index (χ1n) is 7.11. The van der Waals surface area contributed by atoms with E-state index in [2.05, 4.69) is 26.1 Å². The molecule has 1 aromatic rings. The zero-order valence-corrected chi connectivity index (χ0v) is 13.0. The highest BCUT2D eigenvalue weighted by Crippen LogP contribution is 2.39. The van der Waals surface area contributed by atoms with Crippen LogP contribution in [0.25, 0.3) is 0 Å². The van der Waals surface area contributed by atoms with E-state index in [1.54, 1.807) is 14.2 Å². The average Bonchev–Trinajstić information content (AvgIpc) is 2.46. The molecule has 0 aliphatic carbocycles. The molecule has 1 aliphatic rings. The van der Waals surface area contributed by atoms with E-state index in [-0.39, 0.29) is 11.7 Å².